The molecular weight excluding hydrogens is 351 g/mol. The second-order valence-electron chi connectivity index (χ2n) is 6.30. The highest BCUT2D eigenvalue weighted by Gasteiger charge is 2.31. The van der Waals surface area contributed by atoms with Gasteiger partial charge in [0.05, 0.1) is 18.5 Å². The van der Waals surface area contributed by atoms with Gasteiger partial charge in [-0.15, -0.1) is 13.2 Å². The maximum Gasteiger partial charge on any atom is 0.573 e. The predicted octanol–water partition coefficient (Wildman–Crippen LogP) is 3.89. The van der Waals surface area contributed by atoms with Crippen LogP contribution in [-0.4, -0.2) is 31.6 Å². The summed E-state index contributed by atoms with van der Waals surface area (Å²) in [6.07, 6.45) is -3.17. The van der Waals surface area contributed by atoms with Crippen LogP contribution < -0.4 is 9.47 Å². The van der Waals surface area contributed by atoms with Gasteiger partial charge in [-0.05, 0) is 44.2 Å². The van der Waals surface area contributed by atoms with E-state index in [2.05, 4.69) is 14.7 Å². The molecule has 1 N–H and O–H groups in total. The highest BCUT2D eigenvalue weighted by Crippen LogP contribution is 2.27. The van der Waals surface area contributed by atoms with E-state index >= 15 is 0 Å². The van der Waals surface area contributed by atoms with Crippen molar-refractivity contribution in [2.75, 3.05) is 0 Å². The van der Waals surface area contributed by atoms with Crippen molar-refractivity contribution in [1.29, 1.82) is 0 Å². The van der Waals surface area contributed by atoms with Crippen LogP contribution in [0.1, 0.15) is 13.8 Å². The number of alkyl halides is 3. The smallest absolute Gasteiger partial charge is 0.439 e. The van der Waals surface area contributed by atoms with Crippen LogP contribution >= 0.6 is 0 Å². The van der Waals surface area contributed by atoms with Crippen molar-refractivity contribution in [1.82, 2.24) is 14.5 Å². The van der Waals surface area contributed by atoms with Crippen molar-refractivity contribution in [3.8, 4) is 17.4 Å². The number of ether oxygens (including phenoxy) is 2. The molecule has 0 spiro atoms. The molecule has 0 saturated carbocycles. The third-order valence-electron chi connectivity index (χ3n) is 3.27. The van der Waals surface area contributed by atoms with Gasteiger partial charge in [-0.1, -0.05) is 0 Å². The summed E-state index contributed by atoms with van der Waals surface area (Å²) < 4.78 is 47.6. The average Bonchev–Trinajstić information content (AvgIpc) is 2.88. The number of halogens is 3. The van der Waals surface area contributed by atoms with Gasteiger partial charge in [0.2, 0.25) is 5.88 Å². The van der Waals surface area contributed by atoms with Gasteiger partial charge >= 0.3 is 6.36 Å². The predicted molar refractivity (Wildman–Crippen MR) is 87.0 cm³/mol. The van der Waals surface area contributed by atoms with Crippen molar-refractivity contribution in [2.24, 2.45) is 0 Å². The van der Waals surface area contributed by atoms with Crippen molar-refractivity contribution >= 4 is 11.2 Å². The Morgan fingerprint density at radius 1 is 1.04 bits per heavy atom. The van der Waals surface area contributed by atoms with Gasteiger partial charge in [-0.2, -0.15) is 4.98 Å². The van der Waals surface area contributed by atoms with Crippen molar-refractivity contribution in [3.63, 3.8) is 0 Å². The van der Waals surface area contributed by atoms with Crippen molar-refractivity contribution < 1.29 is 27.8 Å². The summed E-state index contributed by atoms with van der Waals surface area (Å²) in [6, 6.07) is 8.31. The van der Waals surface area contributed by atoms with Crippen LogP contribution in [0.5, 0.6) is 17.4 Å². The summed E-state index contributed by atoms with van der Waals surface area (Å²) in [5, 5.41) is 9.96. The van der Waals surface area contributed by atoms with Crippen LogP contribution in [0.25, 0.3) is 11.2 Å². The highest BCUT2D eigenvalue weighted by molar-refractivity contribution is 5.71. The van der Waals surface area contributed by atoms with Gasteiger partial charge in [0.1, 0.15) is 17.0 Å². The van der Waals surface area contributed by atoms with Crippen molar-refractivity contribution in [3.05, 3.63) is 42.7 Å². The molecular formula is C17H16F3N3O3. The lowest BCUT2D eigenvalue weighted by molar-refractivity contribution is -0.274. The lowest BCUT2D eigenvalue weighted by atomic mass is 10.1. The molecule has 0 saturated heterocycles. The fraction of sp³-hybridized carbons (Fsp3) is 0.294. The van der Waals surface area contributed by atoms with Crippen LogP contribution in [0, 0.1) is 0 Å². The number of fused-ring (bicyclic) bond motifs is 1. The Kier molecular flexibility index (Phi) is 4.49. The summed E-state index contributed by atoms with van der Waals surface area (Å²) in [5.74, 6) is 0.218. The summed E-state index contributed by atoms with van der Waals surface area (Å²) in [6.45, 7) is 3.64. The number of benzene rings is 1. The van der Waals surface area contributed by atoms with Gasteiger partial charge in [0.25, 0.3) is 0 Å². The summed E-state index contributed by atoms with van der Waals surface area (Å²) in [5.41, 5.74) is 0.220. The van der Waals surface area contributed by atoms with E-state index in [1.54, 1.807) is 36.9 Å². The van der Waals surface area contributed by atoms with Gasteiger partial charge in [-0.3, -0.25) is 0 Å². The third kappa shape index (κ3) is 4.63. The number of aliphatic hydroxyl groups is 1. The zero-order valence-electron chi connectivity index (χ0n) is 14.0. The number of hydrogen-bond acceptors (Lipinski definition) is 5. The van der Waals surface area contributed by atoms with E-state index in [4.69, 9.17) is 4.74 Å². The van der Waals surface area contributed by atoms with Crippen LogP contribution in [0.4, 0.5) is 13.2 Å². The quantitative estimate of drug-likeness (QED) is 0.741. The minimum absolute atomic E-state index is 0.250. The number of imidazole rings is 1. The molecule has 6 nitrogen and oxygen atoms in total. The molecule has 9 heteroatoms. The molecule has 0 bridgehead atoms. The zero-order chi connectivity index (χ0) is 18.9. The molecule has 0 radical (unpaired) electrons. The van der Waals surface area contributed by atoms with E-state index in [1.807, 2.05) is 0 Å². The van der Waals surface area contributed by atoms with Crippen LogP contribution in [0.15, 0.2) is 42.7 Å². The SMILES string of the molecule is CC(C)(O)Cn1cnc2ccc(Oc3ccc(OC(F)(F)F)cc3)nc21. The Balaban J connectivity index is 1.79. The molecule has 2 heterocycles. The van der Waals surface area contributed by atoms with E-state index in [9.17, 15) is 18.3 Å². The fourth-order valence-electron chi connectivity index (χ4n) is 2.34. The first-order chi connectivity index (χ1) is 12.1. The third-order valence-corrected chi connectivity index (χ3v) is 3.27. The van der Waals surface area contributed by atoms with E-state index < -0.39 is 12.0 Å². The number of aromatic nitrogens is 3. The Labute approximate surface area is 146 Å². The second-order valence-corrected chi connectivity index (χ2v) is 6.30. The maximum absolute atomic E-state index is 12.2. The number of nitrogens with zero attached hydrogens (tertiary/aromatic N) is 3. The Bertz CT molecular complexity index is 899. The molecule has 0 aliphatic heterocycles. The largest absolute Gasteiger partial charge is 0.573 e. The Hall–Kier alpha value is -2.81. The summed E-state index contributed by atoms with van der Waals surface area (Å²) in [4.78, 5) is 8.56. The lowest BCUT2D eigenvalue weighted by Crippen LogP contribution is -2.25. The van der Waals surface area contributed by atoms with Crippen LogP contribution in [0.3, 0.4) is 0 Å². The van der Waals surface area contributed by atoms with E-state index in [1.165, 1.54) is 12.1 Å². The van der Waals surface area contributed by atoms with E-state index in [0.29, 0.717) is 23.5 Å². The highest BCUT2D eigenvalue weighted by atomic mass is 19.4. The molecule has 3 rings (SSSR count). The van der Waals surface area contributed by atoms with Gasteiger partial charge < -0.3 is 19.1 Å². The molecule has 2 aromatic heterocycles. The van der Waals surface area contributed by atoms with Gasteiger partial charge in [-0.25, -0.2) is 4.98 Å². The average molecular weight is 367 g/mol. The first-order valence-corrected chi connectivity index (χ1v) is 7.67. The summed E-state index contributed by atoms with van der Waals surface area (Å²) in [7, 11) is 0. The molecule has 0 atom stereocenters. The van der Waals surface area contributed by atoms with Crippen LogP contribution in [-0.2, 0) is 6.54 Å². The molecule has 1 aromatic carbocycles. The first kappa shape index (κ1) is 18.0. The number of pyridine rings is 1. The zero-order valence-corrected chi connectivity index (χ0v) is 14.0. The molecule has 0 fully saturated rings. The minimum Gasteiger partial charge on any atom is -0.439 e. The fourth-order valence-corrected chi connectivity index (χ4v) is 2.34. The first-order valence-electron chi connectivity index (χ1n) is 7.67. The van der Waals surface area contributed by atoms with Crippen molar-refractivity contribution in [2.45, 2.75) is 32.4 Å². The summed E-state index contributed by atoms with van der Waals surface area (Å²) >= 11 is 0. The number of hydrogen-bond donors (Lipinski definition) is 1. The molecule has 0 aliphatic rings. The normalized spacial score (nSPS) is 12.4. The molecule has 26 heavy (non-hydrogen) atoms. The van der Waals surface area contributed by atoms with E-state index in [0.717, 1.165) is 12.1 Å². The Morgan fingerprint density at radius 3 is 2.31 bits per heavy atom. The maximum atomic E-state index is 12.2. The van der Waals surface area contributed by atoms with E-state index in [-0.39, 0.29) is 11.6 Å². The topological polar surface area (TPSA) is 69.4 Å². The molecule has 0 unspecified atom stereocenters. The molecule has 0 amide bonds. The molecule has 0 aliphatic carbocycles. The standard InChI is InChI=1S/C17H16F3N3O3/c1-16(2,24)9-23-10-21-13-7-8-14(22-15(13)23)25-11-3-5-12(6-4-11)26-17(18,19)20/h3-8,10,24H,9H2,1-2H3. The molecule has 3 aromatic rings. The van der Waals surface area contributed by atoms with Gasteiger partial charge in [0, 0.05) is 6.07 Å². The van der Waals surface area contributed by atoms with Crippen LogP contribution in [0.2, 0.25) is 0 Å². The minimum atomic E-state index is -4.74. The monoisotopic (exact) mass is 367 g/mol. The second kappa shape index (κ2) is 6.49. The Morgan fingerprint density at radius 2 is 1.69 bits per heavy atom. The number of rotatable bonds is 5. The molecule has 138 valence electrons. The lowest BCUT2D eigenvalue weighted by Gasteiger charge is -2.17. The van der Waals surface area contributed by atoms with Gasteiger partial charge in [0.15, 0.2) is 5.65 Å².